The van der Waals surface area contributed by atoms with Crippen LogP contribution in [-0.4, -0.2) is 50.2 Å². The van der Waals surface area contributed by atoms with Gasteiger partial charge >= 0.3 is 0 Å². The summed E-state index contributed by atoms with van der Waals surface area (Å²) in [6.07, 6.45) is 0.155. The molecule has 2 fully saturated rings. The van der Waals surface area contributed by atoms with Crippen LogP contribution >= 0.6 is 0 Å². The lowest BCUT2D eigenvalue weighted by atomic mass is 9.99. The molecule has 0 aliphatic carbocycles. The van der Waals surface area contributed by atoms with Crippen molar-refractivity contribution in [3.05, 3.63) is 0 Å². The molecular weight excluding hydrogens is 194 g/mol. The molecule has 15 heavy (non-hydrogen) atoms. The van der Waals surface area contributed by atoms with Gasteiger partial charge < -0.3 is 19.5 Å². The molecule has 2 aliphatic rings. The van der Waals surface area contributed by atoms with Crippen molar-refractivity contribution >= 4 is 0 Å². The summed E-state index contributed by atoms with van der Waals surface area (Å²) in [5.41, 5.74) is -0.158. The van der Waals surface area contributed by atoms with E-state index < -0.39 is 0 Å². The molecule has 2 rings (SSSR count). The fraction of sp³-hybridized carbons (Fsp3) is 1.00. The molecule has 0 aromatic rings. The Balaban J connectivity index is 1.78. The Hall–Kier alpha value is -0.160. The number of ether oxygens (including phenoxy) is 3. The van der Waals surface area contributed by atoms with Crippen LogP contribution in [-0.2, 0) is 14.2 Å². The molecule has 0 radical (unpaired) electrons. The quantitative estimate of drug-likeness (QED) is 0.730. The van der Waals surface area contributed by atoms with Crippen LogP contribution in [0, 0.1) is 0 Å². The minimum atomic E-state index is -0.0932. The average Bonchev–Trinajstić information content (AvgIpc) is 2.12. The number of hydrogen-bond donors (Lipinski definition) is 1. The molecule has 2 aliphatic heterocycles. The molecule has 2 saturated heterocycles. The smallest absolute Gasteiger partial charge is 0.127 e. The zero-order valence-electron chi connectivity index (χ0n) is 9.84. The van der Waals surface area contributed by atoms with Crippen molar-refractivity contribution in [2.75, 3.05) is 32.9 Å². The van der Waals surface area contributed by atoms with Gasteiger partial charge in [0.25, 0.3) is 0 Å². The van der Waals surface area contributed by atoms with Gasteiger partial charge in [0, 0.05) is 13.1 Å². The zero-order valence-corrected chi connectivity index (χ0v) is 9.84. The summed E-state index contributed by atoms with van der Waals surface area (Å²) in [6, 6.07) is 0. The molecule has 88 valence electrons. The highest BCUT2D eigenvalue weighted by Crippen LogP contribution is 2.25. The Morgan fingerprint density at radius 3 is 2.67 bits per heavy atom. The van der Waals surface area contributed by atoms with Crippen LogP contribution in [0.15, 0.2) is 0 Å². The molecule has 2 heterocycles. The Morgan fingerprint density at radius 2 is 2.13 bits per heavy atom. The van der Waals surface area contributed by atoms with E-state index >= 15 is 0 Å². The normalized spacial score (nSPS) is 30.2. The van der Waals surface area contributed by atoms with Crippen LogP contribution in [0.5, 0.6) is 0 Å². The molecule has 1 N–H and O–H groups in total. The van der Waals surface area contributed by atoms with Gasteiger partial charge in [-0.25, -0.2) is 0 Å². The molecule has 4 heteroatoms. The van der Waals surface area contributed by atoms with Gasteiger partial charge in [0.2, 0.25) is 0 Å². The van der Waals surface area contributed by atoms with Crippen molar-refractivity contribution in [3.8, 4) is 0 Å². The van der Waals surface area contributed by atoms with E-state index in [1.54, 1.807) is 0 Å². The fourth-order valence-electron chi connectivity index (χ4n) is 1.83. The second-order valence-electron chi connectivity index (χ2n) is 5.47. The maximum absolute atomic E-state index is 5.99. The lowest BCUT2D eigenvalue weighted by molar-refractivity contribution is -0.251. The number of morpholine rings is 1. The first-order chi connectivity index (χ1) is 6.99. The van der Waals surface area contributed by atoms with E-state index in [1.165, 1.54) is 0 Å². The SMILES string of the molecule is CC(C)(C)OCC1CNCC2(COC2)O1. The third-order valence-electron chi connectivity index (χ3n) is 2.67. The predicted molar refractivity (Wildman–Crippen MR) is 57.0 cm³/mol. The summed E-state index contributed by atoms with van der Waals surface area (Å²) in [7, 11) is 0. The fourth-order valence-corrected chi connectivity index (χ4v) is 1.83. The lowest BCUT2D eigenvalue weighted by Gasteiger charge is -2.47. The van der Waals surface area contributed by atoms with E-state index in [9.17, 15) is 0 Å². The Morgan fingerprint density at radius 1 is 1.40 bits per heavy atom. The number of hydrogen-bond acceptors (Lipinski definition) is 4. The van der Waals surface area contributed by atoms with Crippen molar-refractivity contribution in [1.29, 1.82) is 0 Å². The summed E-state index contributed by atoms with van der Waals surface area (Å²) in [5.74, 6) is 0. The first kappa shape index (κ1) is 11.3. The molecule has 0 aromatic carbocycles. The van der Waals surface area contributed by atoms with Crippen molar-refractivity contribution in [2.24, 2.45) is 0 Å². The highest BCUT2D eigenvalue weighted by molar-refractivity contribution is 4.94. The second-order valence-corrected chi connectivity index (χ2v) is 5.47. The van der Waals surface area contributed by atoms with E-state index in [0.717, 1.165) is 13.1 Å². The number of rotatable bonds is 2. The van der Waals surface area contributed by atoms with Gasteiger partial charge in [-0.1, -0.05) is 0 Å². The van der Waals surface area contributed by atoms with Gasteiger partial charge in [0.1, 0.15) is 5.60 Å². The van der Waals surface area contributed by atoms with Crippen LogP contribution in [0.4, 0.5) is 0 Å². The third-order valence-corrected chi connectivity index (χ3v) is 2.67. The van der Waals surface area contributed by atoms with Crippen molar-refractivity contribution in [2.45, 2.75) is 38.1 Å². The molecule has 0 saturated carbocycles. The minimum Gasteiger partial charge on any atom is -0.375 e. The van der Waals surface area contributed by atoms with Gasteiger partial charge in [-0.2, -0.15) is 0 Å². The summed E-state index contributed by atoms with van der Waals surface area (Å²) < 4.78 is 16.9. The van der Waals surface area contributed by atoms with Crippen molar-refractivity contribution < 1.29 is 14.2 Å². The van der Waals surface area contributed by atoms with Gasteiger partial charge in [0.15, 0.2) is 0 Å². The largest absolute Gasteiger partial charge is 0.375 e. The summed E-state index contributed by atoms with van der Waals surface area (Å²) >= 11 is 0. The second kappa shape index (κ2) is 4.01. The molecule has 1 atom stereocenters. The standard InChI is InChI=1S/C11H21NO3/c1-10(2,3)14-5-9-4-12-6-11(15-9)7-13-8-11/h9,12H,4-8H2,1-3H3. The Kier molecular flexibility index (Phi) is 3.03. The molecule has 0 bridgehead atoms. The maximum atomic E-state index is 5.99. The highest BCUT2D eigenvalue weighted by Gasteiger charge is 2.44. The molecular formula is C11H21NO3. The molecule has 1 spiro atoms. The minimum absolute atomic E-state index is 0.0653. The molecule has 0 amide bonds. The van der Waals surface area contributed by atoms with Crippen LogP contribution in [0.2, 0.25) is 0 Å². The monoisotopic (exact) mass is 215 g/mol. The predicted octanol–water partition coefficient (Wildman–Crippen LogP) is 0.559. The molecule has 4 nitrogen and oxygen atoms in total. The summed E-state index contributed by atoms with van der Waals surface area (Å²) in [4.78, 5) is 0. The topological polar surface area (TPSA) is 39.7 Å². The molecule has 1 unspecified atom stereocenters. The zero-order chi connectivity index (χ0) is 10.9. The van der Waals surface area contributed by atoms with Gasteiger partial charge in [-0.15, -0.1) is 0 Å². The summed E-state index contributed by atoms with van der Waals surface area (Å²) in [6.45, 7) is 10.0. The van der Waals surface area contributed by atoms with Gasteiger partial charge in [0.05, 0.1) is 31.5 Å². The molecule has 0 aromatic heterocycles. The maximum Gasteiger partial charge on any atom is 0.127 e. The third kappa shape index (κ3) is 2.91. The van der Waals surface area contributed by atoms with Crippen molar-refractivity contribution in [1.82, 2.24) is 5.32 Å². The van der Waals surface area contributed by atoms with Crippen LogP contribution in [0.3, 0.4) is 0 Å². The van der Waals surface area contributed by atoms with Crippen LogP contribution in [0.25, 0.3) is 0 Å². The van der Waals surface area contributed by atoms with E-state index in [0.29, 0.717) is 19.8 Å². The summed E-state index contributed by atoms with van der Waals surface area (Å²) in [5, 5.41) is 3.38. The lowest BCUT2D eigenvalue weighted by Crippen LogP contribution is -2.65. The highest BCUT2D eigenvalue weighted by atomic mass is 16.6. The van der Waals surface area contributed by atoms with Gasteiger partial charge in [-0.3, -0.25) is 0 Å². The van der Waals surface area contributed by atoms with E-state index in [4.69, 9.17) is 14.2 Å². The Labute approximate surface area is 91.3 Å². The Bertz CT molecular complexity index is 220. The van der Waals surface area contributed by atoms with Crippen molar-refractivity contribution in [3.63, 3.8) is 0 Å². The van der Waals surface area contributed by atoms with Crippen LogP contribution < -0.4 is 5.32 Å². The van der Waals surface area contributed by atoms with E-state index in [2.05, 4.69) is 26.1 Å². The first-order valence-electron chi connectivity index (χ1n) is 5.59. The average molecular weight is 215 g/mol. The van der Waals surface area contributed by atoms with Crippen LogP contribution in [0.1, 0.15) is 20.8 Å². The number of nitrogens with one attached hydrogen (secondary N) is 1. The van der Waals surface area contributed by atoms with Gasteiger partial charge in [-0.05, 0) is 20.8 Å². The first-order valence-corrected chi connectivity index (χ1v) is 5.59. The van der Waals surface area contributed by atoms with E-state index in [1.807, 2.05) is 0 Å². The van der Waals surface area contributed by atoms with E-state index in [-0.39, 0.29) is 17.3 Å².